The zero-order chi connectivity index (χ0) is 18.5. The Morgan fingerprint density at radius 3 is 2.69 bits per heavy atom. The Balaban J connectivity index is 1.43. The first-order chi connectivity index (χ1) is 12.5. The smallest absolute Gasteiger partial charge is 0.280 e. The molecule has 2 heterocycles. The van der Waals surface area contributed by atoms with Crippen molar-refractivity contribution in [3.8, 4) is 0 Å². The van der Waals surface area contributed by atoms with Crippen LogP contribution in [0, 0.1) is 18.8 Å². The summed E-state index contributed by atoms with van der Waals surface area (Å²) in [6.45, 7) is 5.56. The number of aryl methyl sites for hydroxylation is 1. The molecule has 1 saturated carbocycles. The summed E-state index contributed by atoms with van der Waals surface area (Å²) in [5.74, 6) is 1.23. The molecule has 0 spiro atoms. The Kier molecular flexibility index (Phi) is 6.68. The lowest BCUT2D eigenvalue weighted by atomic mass is 9.86. The first kappa shape index (κ1) is 19.3. The Hall–Kier alpha value is -1.43. The van der Waals surface area contributed by atoms with Gasteiger partial charge in [-0.25, -0.2) is 4.98 Å². The fourth-order valence-corrected chi connectivity index (χ4v) is 4.91. The standard InChI is InChI=1S/C20H31N3O2S/c1-14-13-23(18(24)9-8-16-6-4-3-5-7-16)11-10-17(14)22-19(25)20-21-12-15(2)26-20/h12,14,16-17H,3-11,13H2,1-2H3,(H,22,25). The Morgan fingerprint density at radius 2 is 2.04 bits per heavy atom. The lowest BCUT2D eigenvalue weighted by Gasteiger charge is -2.37. The maximum Gasteiger partial charge on any atom is 0.280 e. The van der Waals surface area contributed by atoms with Crippen molar-refractivity contribution in [2.45, 2.75) is 71.3 Å². The molecule has 0 radical (unpaired) electrons. The van der Waals surface area contributed by atoms with Crippen LogP contribution in [0.5, 0.6) is 0 Å². The minimum atomic E-state index is -0.0861. The van der Waals surface area contributed by atoms with Gasteiger partial charge in [0.05, 0.1) is 0 Å². The largest absolute Gasteiger partial charge is 0.347 e. The maximum atomic E-state index is 12.6. The Morgan fingerprint density at radius 1 is 1.27 bits per heavy atom. The second-order valence-electron chi connectivity index (χ2n) is 8.00. The van der Waals surface area contributed by atoms with Crippen molar-refractivity contribution in [3.63, 3.8) is 0 Å². The van der Waals surface area contributed by atoms with Crippen molar-refractivity contribution in [1.82, 2.24) is 15.2 Å². The summed E-state index contributed by atoms with van der Waals surface area (Å²) in [4.78, 5) is 32.1. The molecule has 2 amide bonds. The summed E-state index contributed by atoms with van der Waals surface area (Å²) in [5, 5.41) is 3.64. The van der Waals surface area contributed by atoms with Crippen molar-refractivity contribution < 1.29 is 9.59 Å². The number of hydrogen-bond acceptors (Lipinski definition) is 4. The predicted molar refractivity (Wildman–Crippen MR) is 104 cm³/mol. The van der Waals surface area contributed by atoms with Crippen LogP contribution in [0.1, 0.15) is 73.0 Å². The van der Waals surface area contributed by atoms with Crippen LogP contribution in [-0.4, -0.2) is 40.8 Å². The van der Waals surface area contributed by atoms with E-state index >= 15 is 0 Å². The Bertz CT molecular complexity index is 624. The number of aromatic nitrogens is 1. The number of piperidine rings is 1. The molecule has 26 heavy (non-hydrogen) atoms. The molecule has 1 saturated heterocycles. The second kappa shape index (κ2) is 8.98. The van der Waals surface area contributed by atoms with E-state index < -0.39 is 0 Å². The molecule has 1 N–H and O–H groups in total. The number of hydrogen-bond donors (Lipinski definition) is 1. The molecule has 2 atom stereocenters. The van der Waals surface area contributed by atoms with Crippen molar-refractivity contribution in [1.29, 1.82) is 0 Å². The lowest BCUT2D eigenvalue weighted by molar-refractivity contribution is -0.133. The van der Waals surface area contributed by atoms with E-state index in [0.717, 1.165) is 36.7 Å². The van der Waals surface area contributed by atoms with Crippen LogP contribution in [-0.2, 0) is 4.79 Å². The number of rotatable bonds is 5. The number of carbonyl (C=O) groups excluding carboxylic acids is 2. The van der Waals surface area contributed by atoms with Gasteiger partial charge in [-0.05, 0) is 31.6 Å². The van der Waals surface area contributed by atoms with E-state index in [1.54, 1.807) is 6.20 Å². The molecule has 3 rings (SSSR count). The molecule has 6 heteroatoms. The molecule has 1 aliphatic carbocycles. The monoisotopic (exact) mass is 377 g/mol. The highest BCUT2D eigenvalue weighted by atomic mass is 32.1. The highest BCUT2D eigenvalue weighted by Crippen LogP contribution is 2.28. The molecule has 0 bridgehead atoms. The summed E-state index contributed by atoms with van der Waals surface area (Å²) in [6.07, 6.45) is 10.9. The predicted octanol–water partition coefficient (Wildman–Crippen LogP) is 3.78. The quantitative estimate of drug-likeness (QED) is 0.849. The Labute approximate surface area is 160 Å². The summed E-state index contributed by atoms with van der Waals surface area (Å²) < 4.78 is 0. The lowest BCUT2D eigenvalue weighted by Crippen LogP contribution is -2.51. The van der Waals surface area contributed by atoms with Crippen LogP contribution in [0.25, 0.3) is 0 Å². The van der Waals surface area contributed by atoms with E-state index in [0.29, 0.717) is 17.3 Å². The van der Waals surface area contributed by atoms with Crippen LogP contribution in [0.2, 0.25) is 0 Å². The van der Waals surface area contributed by atoms with E-state index in [1.165, 1.54) is 43.4 Å². The number of nitrogens with one attached hydrogen (secondary N) is 1. The molecule has 1 aromatic heterocycles. The zero-order valence-corrected chi connectivity index (χ0v) is 16.8. The number of carbonyl (C=O) groups is 2. The van der Waals surface area contributed by atoms with Gasteiger partial charge in [-0.15, -0.1) is 11.3 Å². The van der Waals surface area contributed by atoms with Crippen LogP contribution >= 0.6 is 11.3 Å². The van der Waals surface area contributed by atoms with E-state index in [1.807, 2.05) is 11.8 Å². The molecule has 2 fully saturated rings. The SMILES string of the molecule is Cc1cnc(C(=O)NC2CCN(C(=O)CCC3CCCCC3)CC2C)s1. The van der Waals surface area contributed by atoms with Crippen molar-refractivity contribution in [2.75, 3.05) is 13.1 Å². The molecule has 1 aromatic rings. The van der Waals surface area contributed by atoms with Gasteiger partial charge in [0, 0.05) is 36.6 Å². The number of likely N-dealkylation sites (tertiary alicyclic amines) is 1. The van der Waals surface area contributed by atoms with Gasteiger partial charge >= 0.3 is 0 Å². The third kappa shape index (κ3) is 5.06. The van der Waals surface area contributed by atoms with E-state index in [4.69, 9.17) is 0 Å². The average molecular weight is 378 g/mol. The third-order valence-electron chi connectivity index (χ3n) is 5.88. The second-order valence-corrected chi connectivity index (χ2v) is 9.24. The van der Waals surface area contributed by atoms with Gasteiger partial charge in [0.2, 0.25) is 5.91 Å². The minimum absolute atomic E-state index is 0.0861. The third-order valence-corrected chi connectivity index (χ3v) is 6.79. The van der Waals surface area contributed by atoms with Gasteiger partial charge in [0.15, 0.2) is 5.01 Å². The average Bonchev–Trinajstić information content (AvgIpc) is 3.08. The van der Waals surface area contributed by atoms with E-state index in [-0.39, 0.29) is 17.9 Å². The molecule has 1 aliphatic heterocycles. The molecule has 2 unspecified atom stereocenters. The van der Waals surface area contributed by atoms with Gasteiger partial charge in [0.1, 0.15) is 0 Å². The number of nitrogens with zero attached hydrogens (tertiary/aromatic N) is 2. The van der Waals surface area contributed by atoms with Crippen LogP contribution in [0.4, 0.5) is 0 Å². The van der Waals surface area contributed by atoms with E-state index in [9.17, 15) is 9.59 Å². The van der Waals surface area contributed by atoms with E-state index in [2.05, 4.69) is 17.2 Å². The van der Waals surface area contributed by atoms with Gasteiger partial charge < -0.3 is 10.2 Å². The summed E-state index contributed by atoms with van der Waals surface area (Å²) in [6, 6.07) is 0.120. The van der Waals surface area contributed by atoms with Crippen LogP contribution in [0.15, 0.2) is 6.20 Å². The number of thiazole rings is 1. The van der Waals surface area contributed by atoms with Crippen LogP contribution < -0.4 is 5.32 Å². The fraction of sp³-hybridized carbons (Fsp3) is 0.750. The summed E-state index contributed by atoms with van der Waals surface area (Å²) in [7, 11) is 0. The topological polar surface area (TPSA) is 62.3 Å². The highest BCUT2D eigenvalue weighted by Gasteiger charge is 2.30. The van der Waals surface area contributed by atoms with Gasteiger partial charge in [-0.3, -0.25) is 9.59 Å². The van der Waals surface area contributed by atoms with Gasteiger partial charge in [0.25, 0.3) is 5.91 Å². The molecular weight excluding hydrogens is 346 g/mol. The van der Waals surface area contributed by atoms with Gasteiger partial charge in [-0.2, -0.15) is 0 Å². The summed E-state index contributed by atoms with van der Waals surface area (Å²) in [5.41, 5.74) is 0. The molecule has 5 nitrogen and oxygen atoms in total. The molecule has 0 aromatic carbocycles. The summed E-state index contributed by atoms with van der Waals surface area (Å²) >= 11 is 1.42. The van der Waals surface area contributed by atoms with Gasteiger partial charge in [-0.1, -0.05) is 39.0 Å². The first-order valence-electron chi connectivity index (χ1n) is 10.0. The van der Waals surface area contributed by atoms with Crippen molar-refractivity contribution in [3.05, 3.63) is 16.1 Å². The zero-order valence-electron chi connectivity index (χ0n) is 16.0. The molecule has 144 valence electrons. The molecule has 2 aliphatic rings. The van der Waals surface area contributed by atoms with Crippen molar-refractivity contribution >= 4 is 23.2 Å². The maximum absolute atomic E-state index is 12.6. The number of amides is 2. The minimum Gasteiger partial charge on any atom is -0.347 e. The highest BCUT2D eigenvalue weighted by molar-refractivity contribution is 7.13. The van der Waals surface area contributed by atoms with Crippen molar-refractivity contribution in [2.24, 2.45) is 11.8 Å². The van der Waals surface area contributed by atoms with Crippen LogP contribution in [0.3, 0.4) is 0 Å². The molecular formula is C20H31N3O2S. The normalized spacial score (nSPS) is 24.5. The first-order valence-corrected chi connectivity index (χ1v) is 10.9. The fourth-order valence-electron chi connectivity index (χ4n) is 4.24.